The van der Waals surface area contributed by atoms with Crippen LogP contribution in [0.3, 0.4) is 0 Å². The predicted molar refractivity (Wildman–Crippen MR) is 49.3 cm³/mol. The van der Waals surface area contributed by atoms with Gasteiger partial charge in [-0.3, -0.25) is 0 Å². The molecule has 0 spiro atoms. The molecule has 4 heteroatoms. The molecule has 2 aromatic heterocycles. The summed E-state index contributed by atoms with van der Waals surface area (Å²) in [4.78, 5) is 4.91. The molecule has 2 nitrogen and oxygen atoms in total. The number of nitrogens with zero attached hydrogens (tertiary/aromatic N) is 2. The quantitative estimate of drug-likeness (QED) is 0.647. The summed E-state index contributed by atoms with van der Waals surface area (Å²) in [6, 6.07) is 5.44. The molecule has 12 heavy (non-hydrogen) atoms. The third-order valence-electron chi connectivity index (χ3n) is 1.50. The van der Waals surface area contributed by atoms with Crippen LogP contribution in [0, 0.1) is 11.3 Å². The molecule has 2 heterocycles. The van der Waals surface area contributed by atoms with Crippen molar-refractivity contribution < 1.29 is 0 Å². The molecule has 0 aliphatic rings. The van der Waals surface area contributed by atoms with Crippen LogP contribution in [-0.2, 0) is 0 Å². The van der Waals surface area contributed by atoms with Crippen molar-refractivity contribution in [1.82, 2.24) is 4.98 Å². The van der Waals surface area contributed by atoms with Crippen molar-refractivity contribution in [2.24, 2.45) is 0 Å². The van der Waals surface area contributed by atoms with E-state index in [-0.39, 0.29) is 0 Å². The van der Waals surface area contributed by atoms with Crippen LogP contribution >= 0.6 is 22.9 Å². The number of aromatic nitrogens is 1. The maximum atomic E-state index is 8.59. The number of pyridine rings is 1. The molecule has 2 aromatic rings. The van der Waals surface area contributed by atoms with E-state index in [2.05, 4.69) is 4.98 Å². The molecule has 0 aliphatic carbocycles. The molecule has 0 amide bonds. The van der Waals surface area contributed by atoms with Gasteiger partial charge in [-0.05, 0) is 17.5 Å². The Morgan fingerprint density at radius 1 is 1.58 bits per heavy atom. The second kappa shape index (κ2) is 2.74. The van der Waals surface area contributed by atoms with Crippen LogP contribution in [0.2, 0.25) is 5.02 Å². The van der Waals surface area contributed by atoms with E-state index >= 15 is 0 Å². The summed E-state index contributed by atoms with van der Waals surface area (Å²) in [5.41, 5.74) is 0.370. The van der Waals surface area contributed by atoms with Gasteiger partial charge < -0.3 is 0 Å². The first-order valence-electron chi connectivity index (χ1n) is 3.25. The van der Waals surface area contributed by atoms with Crippen LogP contribution in [0.25, 0.3) is 10.2 Å². The van der Waals surface area contributed by atoms with Crippen LogP contribution in [0.4, 0.5) is 0 Å². The Kier molecular flexibility index (Phi) is 1.72. The van der Waals surface area contributed by atoms with Crippen molar-refractivity contribution in [2.45, 2.75) is 0 Å². The first-order valence-corrected chi connectivity index (χ1v) is 4.51. The number of hydrogen-bond acceptors (Lipinski definition) is 3. The summed E-state index contributed by atoms with van der Waals surface area (Å²) < 4.78 is 0. The minimum absolute atomic E-state index is 0.370. The fourth-order valence-corrected chi connectivity index (χ4v) is 2.07. The number of fused-ring (bicyclic) bond motifs is 1. The van der Waals surface area contributed by atoms with Crippen molar-refractivity contribution in [3.63, 3.8) is 0 Å². The number of nitriles is 1. The molecule has 0 N–H and O–H groups in total. The van der Waals surface area contributed by atoms with Gasteiger partial charge in [0.1, 0.15) is 16.6 Å². The SMILES string of the molecule is N#Cc1cc(Cl)c2ccsc2n1. The van der Waals surface area contributed by atoms with Gasteiger partial charge in [-0.15, -0.1) is 11.3 Å². The van der Waals surface area contributed by atoms with Crippen LogP contribution in [-0.4, -0.2) is 4.98 Å². The Morgan fingerprint density at radius 3 is 3.17 bits per heavy atom. The number of thiophene rings is 1. The molecule has 2 rings (SSSR count). The number of hydrogen-bond donors (Lipinski definition) is 0. The van der Waals surface area contributed by atoms with Crippen molar-refractivity contribution in [3.05, 3.63) is 28.2 Å². The largest absolute Gasteiger partial charge is 0.226 e. The standard InChI is InChI=1S/C8H3ClN2S/c9-7-3-5(4-10)11-8-6(7)1-2-12-8/h1-3H. The average molecular weight is 195 g/mol. The summed E-state index contributed by atoms with van der Waals surface area (Å²) >= 11 is 7.38. The van der Waals surface area contributed by atoms with Crippen molar-refractivity contribution in [3.8, 4) is 6.07 Å². The normalized spacial score (nSPS) is 10.0. The highest BCUT2D eigenvalue weighted by molar-refractivity contribution is 7.16. The van der Waals surface area contributed by atoms with E-state index in [4.69, 9.17) is 16.9 Å². The summed E-state index contributed by atoms with van der Waals surface area (Å²) in [5, 5.41) is 12.0. The van der Waals surface area contributed by atoms with Crippen LogP contribution in [0.1, 0.15) is 5.69 Å². The van der Waals surface area contributed by atoms with E-state index in [1.165, 1.54) is 11.3 Å². The van der Waals surface area contributed by atoms with Crippen LogP contribution in [0.15, 0.2) is 17.5 Å². The highest BCUT2D eigenvalue weighted by Crippen LogP contribution is 2.26. The lowest BCUT2D eigenvalue weighted by Gasteiger charge is -1.92. The van der Waals surface area contributed by atoms with Gasteiger partial charge >= 0.3 is 0 Å². The van der Waals surface area contributed by atoms with E-state index < -0.39 is 0 Å². The van der Waals surface area contributed by atoms with E-state index in [0.29, 0.717) is 10.7 Å². The van der Waals surface area contributed by atoms with Crippen molar-refractivity contribution in [2.75, 3.05) is 0 Å². The van der Waals surface area contributed by atoms with E-state index in [0.717, 1.165) is 10.2 Å². The van der Waals surface area contributed by atoms with Gasteiger partial charge in [0.15, 0.2) is 0 Å². The zero-order chi connectivity index (χ0) is 8.55. The lowest BCUT2D eigenvalue weighted by molar-refractivity contribution is 1.34. The fourth-order valence-electron chi connectivity index (χ4n) is 0.966. The van der Waals surface area contributed by atoms with Crippen LogP contribution < -0.4 is 0 Å². The van der Waals surface area contributed by atoms with E-state index in [9.17, 15) is 0 Å². The van der Waals surface area contributed by atoms with E-state index in [1.54, 1.807) is 6.07 Å². The zero-order valence-electron chi connectivity index (χ0n) is 5.91. The molecule has 0 saturated carbocycles. The maximum Gasteiger partial charge on any atom is 0.143 e. The van der Waals surface area contributed by atoms with Gasteiger partial charge in [0.05, 0.1) is 5.02 Å². The molecule has 0 atom stereocenters. The first kappa shape index (κ1) is 7.53. The number of rotatable bonds is 0. The zero-order valence-corrected chi connectivity index (χ0v) is 7.49. The maximum absolute atomic E-state index is 8.59. The molecule has 0 aromatic carbocycles. The van der Waals surface area contributed by atoms with Crippen molar-refractivity contribution in [1.29, 1.82) is 5.26 Å². The first-order chi connectivity index (χ1) is 5.81. The molecule has 0 bridgehead atoms. The molecule has 0 fully saturated rings. The van der Waals surface area contributed by atoms with Gasteiger partial charge in [-0.1, -0.05) is 11.6 Å². The summed E-state index contributed by atoms with van der Waals surface area (Å²) in [6.45, 7) is 0. The Morgan fingerprint density at radius 2 is 2.42 bits per heavy atom. The van der Waals surface area contributed by atoms with Gasteiger partial charge in [0, 0.05) is 5.39 Å². The Hall–Kier alpha value is -1.11. The van der Waals surface area contributed by atoms with Crippen LogP contribution in [0.5, 0.6) is 0 Å². The third kappa shape index (κ3) is 1.06. The molecule has 58 valence electrons. The fraction of sp³-hybridized carbons (Fsp3) is 0. The Bertz CT molecular complexity index is 469. The minimum atomic E-state index is 0.370. The highest BCUT2D eigenvalue weighted by Gasteiger charge is 2.03. The lowest BCUT2D eigenvalue weighted by Crippen LogP contribution is -1.80. The summed E-state index contributed by atoms with van der Waals surface area (Å²) in [7, 11) is 0. The summed E-state index contributed by atoms with van der Waals surface area (Å²) in [6.07, 6.45) is 0. The Balaban J connectivity index is 2.86. The molecular formula is C8H3ClN2S. The van der Waals surface area contributed by atoms with Gasteiger partial charge in [-0.25, -0.2) is 4.98 Å². The van der Waals surface area contributed by atoms with Gasteiger partial charge in [0.25, 0.3) is 0 Å². The van der Waals surface area contributed by atoms with Crippen molar-refractivity contribution >= 4 is 33.2 Å². The molecule has 0 radical (unpaired) electrons. The van der Waals surface area contributed by atoms with Gasteiger partial charge in [-0.2, -0.15) is 5.26 Å². The monoisotopic (exact) mass is 194 g/mol. The molecule has 0 unspecified atom stereocenters. The van der Waals surface area contributed by atoms with Gasteiger partial charge in [0.2, 0.25) is 0 Å². The minimum Gasteiger partial charge on any atom is -0.226 e. The lowest BCUT2D eigenvalue weighted by atomic mass is 10.3. The highest BCUT2D eigenvalue weighted by atomic mass is 35.5. The van der Waals surface area contributed by atoms with E-state index in [1.807, 2.05) is 17.5 Å². The smallest absolute Gasteiger partial charge is 0.143 e. The number of halogens is 1. The Labute approximate surface area is 78.0 Å². The molecule has 0 saturated heterocycles. The summed E-state index contributed by atoms with van der Waals surface area (Å²) in [5.74, 6) is 0. The molecule has 0 aliphatic heterocycles. The average Bonchev–Trinajstić information content (AvgIpc) is 2.52. The predicted octanol–water partition coefficient (Wildman–Crippen LogP) is 2.82. The topological polar surface area (TPSA) is 36.7 Å². The third-order valence-corrected chi connectivity index (χ3v) is 2.62. The second-order valence-electron chi connectivity index (χ2n) is 2.24. The second-order valence-corrected chi connectivity index (χ2v) is 3.54. The molecular weight excluding hydrogens is 192 g/mol.